The van der Waals surface area contributed by atoms with Gasteiger partial charge in [0.25, 0.3) is 5.91 Å². The summed E-state index contributed by atoms with van der Waals surface area (Å²) in [6.45, 7) is 0. The van der Waals surface area contributed by atoms with Crippen molar-refractivity contribution in [3.63, 3.8) is 0 Å². The van der Waals surface area contributed by atoms with E-state index in [4.69, 9.17) is 4.42 Å². The molecule has 0 spiro atoms. The van der Waals surface area contributed by atoms with E-state index in [2.05, 4.69) is 32.6 Å². The van der Waals surface area contributed by atoms with Gasteiger partial charge in [-0.3, -0.25) is 10.1 Å². The standard InChI is InChI=1S/C21H18N4O2/c26-19(17-12-22-18-8-4-3-7-16(17)18)23-21-25-24-20(27-21)15-10-9-13-5-1-2-6-14(13)11-15/h3-4,7-12,22H,1-2,5-6H2,(H,23,25,26). The number of H-pyrrole nitrogens is 1. The number of aromatic amines is 1. The lowest BCUT2D eigenvalue weighted by Gasteiger charge is -2.15. The molecule has 0 saturated carbocycles. The Kier molecular flexibility index (Phi) is 3.74. The first kappa shape index (κ1) is 15.8. The number of nitrogens with zero attached hydrogens (tertiary/aromatic N) is 2. The second-order valence-electron chi connectivity index (χ2n) is 6.81. The largest absolute Gasteiger partial charge is 0.403 e. The Morgan fingerprint density at radius 3 is 2.81 bits per heavy atom. The highest BCUT2D eigenvalue weighted by Crippen LogP contribution is 2.27. The summed E-state index contributed by atoms with van der Waals surface area (Å²) in [6, 6.07) is 14.0. The Hall–Kier alpha value is -3.41. The number of para-hydroxylation sites is 1. The predicted molar refractivity (Wildman–Crippen MR) is 103 cm³/mol. The van der Waals surface area contributed by atoms with Crippen LogP contribution in [-0.2, 0) is 12.8 Å². The second-order valence-corrected chi connectivity index (χ2v) is 6.81. The van der Waals surface area contributed by atoms with Crippen LogP contribution in [0.3, 0.4) is 0 Å². The van der Waals surface area contributed by atoms with Gasteiger partial charge in [0.2, 0.25) is 5.89 Å². The number of fused-ring (bicyclic) bond motifs is 2. The van der Waals surface area contributed by atoms with Gasteiger partial charge in [-0.2, -0.15) is 0 Å². The maximum atomic E-state index is 12.6. The third kappa shape index (κ3) is 2.89. The van der Waals surface area contributed by atoms with Gasteiger partial charge in [0.15, 0.2) is 0 Å². The van der Waals surface area contributed by atoms with Crippen LogP contribution < -0.4 is 5.32 Å². The number of aromatic nitrogens is 3. The molecule has 0 aliphatic heterocycles. The average molecular weight is 358 g/mol. The summed E-state index contributed by atoms with van der Waals surface area (Å²) in [5.74, 6) is 0.130. The molecule has 2 N–H and O–H groups in total. The normalized spacial score (nSPS) is 13.5. The van der Waals surface area contributed by atoms with E-state index in [0.29, 0.717) is 11.5 Å². The average Bonchev–Trinajstić information content (AvgIpc) is 3.34. The van der Waals surface area contributed by atoms with Crippen LogP contribution in [0.1, 0.15) is 34.3 Å². The van der Waals surface area contributed by atoms with Crippen LogP contribution >= 0.6 is 0 Å². The summed E-state index contributed by atoms with van der Waals surface area (Å²) in [4.78, 5) is 15.7. The van der Waals surface area contributed by atoms with E-state index >= 15 is 0 Å². The minimum atomic E-state index is -0.284. The number of carbonyl (C=O) groups is 1. The fraction of sp³-hybridized carbons (Fsp3) is 0.190. The maximum Gasteiger partial charge on any atom is 0.322 e. The van der Waals surface area contributed by atoms with Gasteiger partial charge in [-0.15, -0.1) is 5.10 Å². The maximum absolute atomic E-state index is 12.6. The van der Waals surface area contributed by atoms with E-state index in [1.54, 1.807) is 6.20 Å². The minimum absolute atomic E-state index is 0.0954. The van der Waals surface area contributed by atoms with Crippen molar-refractivity contribution in [1.82, 2.24) is 15.2 Å². The van der Waals surface area contributed by atoms with Gasteiger partial charge in [-0.05, 0) is 55.0 Å². The smallest absolute Gasteiger partial charge is 0.322 e. The van der Waals surface area contributed by atoms with Crippen LogP contribution in [0.25, 0.3) is 22.4 Å². The highest BCUT2D eigenvalue weighted by atomic mass is 16.4. The van der Waals surface area contributed by atoms with E-state index in [1.165, 1.54) is 24.0 Å². The van der Waals surface area contributed by atoms with E-state index in [1.807, 2.05) is 30.3 Å². The van der Waals surface area contributed by atoms with Gasteiger partial charge in [-0.1, -0.05) is 29.4 Å². The molecule has 2 aromatic heterocycles. The highest BCUT2D eigenvalue weighted by Gasteiger charge is 2.17. The molecule has 2 heterocycles. The molecule has 1 amide bonds. The Bertz CT molecular complexity index is 1140. The number of rotatable bonds is 3. The van der Waals surface area contributed by atoms with Crippen molar-refractivity contribution < 1.29 is 9.21 Å². The monoisotopic (exact) mass is 358 g/mol. The van der Waals surface area contributed by atoms with Crippen LogP contribution in [0.15, 0.2) is 53.1 Å². The molecule has 134 valence electrons. The molecule has 6 nitrogen and oxygen atoms in total. The van der Waals surface area contributed by atoms with Crippen molar-refractivity contribution in [2.45, 2.75) is 25.7 Å². The molecule has 0 fully saturated rings. The van der Waals surface area contributed by atoms with Crippen molar-refractivity contribution in [1.29, 1.82) is 0 Å². The van der Waals surface area contributed by atoms with E-state index < -0.39 is 0 Å². The molecule has 0 radical (unpaired) electrons. The van der Waals surface area contributed by atoms with Crippen LogP contribution in [-0.4, -0.2) is 21.1 Å². The van der Waals surface area contributed by atoms with Crippen molar-refractivity contribution in [3.8, 4) is 11.5 Å². The molecule has 1 aliphatic rings. The quantitative estimate of drug-likeness (QED) is 0.570. The third-order valence-electron chi connectivity index (χ3n) is 5.07. The molecular formula is C21H18N4O2. The Balaban J connectivity index is 1.38. The number of amides is 1. The molecule has 27 heavy (non-hydrogen) atoms. The number of nitrogens with one attached hydrogen (secondary N) is 2. The van der Waals surface area contributed by atoms with Gasteiger partial charge >= 0.3 is 6.01 Å². The number of anilines is 1. The molecule has 5 rings (SSSR count). The minimum Gasteiger partial charge on any atom is -0.403 e. The summed E-state index contributed by atoms with van der Waals surface area (Å²) in [7, 11) is 0. The van der Waals surface area contributed by atoms with Crippen LogP contribution in [0.4, 0.5) is 6.01 Å². The fourth-order valence-corrected chi connectivity index (χ4v) is 3.68. The molecule has 0 bridgehead atoms. The molecule has 0 saturated heterocycles. The molecule has 0 unspecified atom stereocenters. The topological polar surface area (TPSA) is 83.8 Å². The zero-order chi connectivity index (χ0) is 18.2. The summed E-state index contributed by atoms with van der Waals surface area (Å²) in [5.41, 5.74) is 5.08. The van der Waals surface area contributed by atoms with E-state index in [9.17, 15) is 4.79 Å². The predicted octanol–water partition coefficient (Wildman–Crippen LogP) is 4.35. The van der Waals surface area contributed by atoms with Crippen molar-refractivity contribution in [2.75, 3.05) is 5.32 Å². The lowest BCUT2D eigenvalue weighted by Crippen LogP contribution is -2.11. The second kappa shape index (κ2) is 6.39. The zero-order valence-corrected chi connectivity index (χ0v) is 14.7. The Labute approximate surface area is 155 Å². The first-order valence-electron chi connectivity index (χ1n) is 9.11. The molecule has 2 aromatic carbocycles. The highest BCUT2D eigenvalue weighted by molar-refractivity contribution is 6.12. The zero-order valence-electron chi connectivity index (χ0n) is 14.7. The fourth-order valence-electron chi connectivity index (χ4n) is 3.68. The van der Waals surface area contributed by atoms with Gasteiger partial charge in [0.05, 0.1) is 5.56 Å². The van der Waals surface area contributed by atoms with E-state index in [0.717, 1.165) is 29.3 Å². The Morgan fingerprint density at radius 1 is 1.04 bits per heavy atom. The summed E-state index contributed by atoms with van der Waals surface area (Å²) < 4.78 is 5.68. The van der Waals surface area contributed by atoms with Crippen LogP contribution in [0.5, 0.6) is 0 Å². The molecular weight excluding hydrogens is 340 g/mol. The summed E-state index contributed by atoms with van der Waals surface area (Å²) in [5, 5.41) is 11.6. The van der Waals surface area contributed by atoms with Gasteiger partial charge in [0.1, 0.15) is 0 Å². The number of aryl methyl sites for hydroxylation is 2. The lowest BCUT2D eigenvalue weighted by atomic mass is 9.90. The SMILES string of the molecule is O=C(Nc1nnc(-c2ccc3c(c2)CCCC3)o1)c1c[nH]c2ccccc12. The van der Waals surface area contributed by atoms with Crippen molar-refractivity contribution in [2.24, 2.45) is 0 Å². The first-order valence-corrected chi connectivity index (χ1v) is 9.11. The van der Waals surface area contributed by atoms with Crippen LogP contribution in [0.2, 0.25) is 0 Å². The summed E-state index contributed by atoms with van der Waals surface area (Å²) in [6.07, 6.45) is 6.36. The van der Waals surface area contributed by atoms with Crippen molar-refractivity contribution in [3.05, 3.63) is 65.4 Å². The third-order valence-corrected chi connectivity index (χ3v) is 5.07. The molecule has 1 aliphatic carbocycles. The summed E-state index contributed by atoms with van der Waals surface area (Å²) >= 11 is 0. The first-order chi connectivity index (χ1) is 13.3. The molecule has 4 aromatic rings. The van der Waals surface area contributed by atoms with E-state index in [-0.39, 0.29) is 11.9 Å². The number of hydrogen-bond acceptors (Lipinski definition) is 4. The van der Waals surface area contributed by atoms with Gasteiger partial charge in [0, 0.05) is 22.7 Å². The van der Waals surface area contributed by atoms with Crippen molar-refractivity contribution >= 4 is 22.8 Å². The van der Waals surface area contributed by atoms with Crippen LogP contribution in [0, 0.1) is 0 Å². The molecule has 0 atom stereocenters. The lowest BCUT2D eigenvalue weighted by molar-refractivity contribution is 0.102. The van der Waals surface area contributed by atoms with Gasteiger partial charge < -0.3 is 9.40 Å². The molecule has 6 heteroatoms. The number of carbonyl (C=O) groups excluding carboxylic acids is 1. The Morgan fingerprint density at radius 2 is 1.89 bits per heavy atom. The van der Waals surface area contributed by atoms with Gasteiger partial charge in [-0.25, -0.2) is 0 Å². The number of hydrogen-bond donors (Lipinski definition) is 2. The number of benzene rings is 2.